The fourth-order valence-electron chi connectivity index (χ4n) is 5.48. The van der Waals surface area contributed by atoms with Gasteiger partial charge in [0.1, 0.15) is 0 Å². The minimum absolute atomic E-state index is 0.221. The van der Waals surface area contributed by atoms with Gasteiger partial charge in [0, 0.05) is 0 Å². The molecule has 0 bridgehead atoms. The Morgan fingerprint density at radius 2 is 1.21 bits per heavy atom. The monoisotopic (exact) mass is 506 g/mol. The highest BCUT2D eigenvalue weighted by Crippen LogP contribution is 2.43. The number of unbranched alkanes of at least 4 members (excludes halogenated alkanes) is 2. The van der Waals surface area contributed by atoms with E-state index in [0.29, 0.717) is 31.1 Å². The van der Waals surface area contributed by atoms with Crippen molar-refractivity contribution in [2.75, 3.05) is 0 Å². The van der Waals surface area contributed by atoms with Crippen molar-refractivity contribution >= 4 is 22.1 Å². The zero-order valence-electron chi connectivity index (χ0n) is 22.3. The first kappa shape index (κ1) is 32.8. The number of rotatable bonds is 20. The van der Waals surface area contributed by atoms with Gasteiger partial charge in [0.2, 0.25) is 4.75 Å². The van der Waals surface area contributed by atoms with Gasteiger partial charge in [-0.15, -0.1) is 0 Å². The summed E-state index contributed by atoms with van der Waals surface area (Å²) in [5, 5.41) is 20.3. The number of hydrogen-bond acceptors (Lipinski definition) is 4. The van der Waals surface area contributed by atoms with Crippen LogP contribution in [0.3, 0.4) is 0 Å². The maximum atomic E-state index is 12.7. The summed E-state index contributed by atoms with van der Waals surface area (Å²) in [4.78, 5) is 25.0. The quantitative estimate of drug-likeness (QED) is 0.157. The Hall–Kier alpha value is -1.15. The van der Waals surface area contributed by atoms with E-state index in [2.05, 4.69) is 20.8 Å². The molecule has 0 amide bonds. The molecule has 8 heteroatoms. The largest absolute Gasteiger partial charge is 0.481 e. The number of carbonyl (C=O) groups is 2. The Morgan fingerprint density at radius 3 is 1.53 bits per heavy atom. The summed E-state index contributed by atoms with van der Waals surface area (Å²) in [7, 11) is -5.22. The van der Waals surface area contributed by atoms with E-state index in [0.717, 1.165) is 51.4 Å². The molecule has 0 aromatic carbocycles. The second-order valence-corrected chi connectivity index (χ2v) is 11.9. The van der Waals surface area contributed by atoms with Gasteiger partial charge in [-0.3, -0.25) is 14.1 Å². The Balaban J connectivity index is 6.09. The van der Waals surface area contributed by atoms with Crippen molar-refractivity contribution in [2.24, 2.45) is 29.6 Å². The second-order valence-electron chi connectivity index (χ2n) is 10.3. The molecule has 0 aliphatic rings. The van der Waals surface area contributed by atoms with Gasteiger partial charge in [0.25, 0.3) is 10.1 Å². The third-order valence-corrected chi connectivity index (χ3v) is 9.60. The summed E-state index contributed by atoms with van der Waals surface area (Å²) in [5.74, 6) is -6.10. The van der Waals surface area contributed by atoms with E-state index in [9.17, 15) is 32.8 Å². The van der Waals surface area contributed by atoms with Gasteiger partial charge in [-0.1, -0.05) is 106 Å². The molecule has 0 spiro atoms. The van der Waals surface area contributed by atoms with Gasteiger partial charge >= 0.3 is 11.9 Å². The van der Waals surface area contributed by atoms with E-state index < -0.39 is 44.6 Å². The highest BCUT2D eigenvalue weighted by molar-refractivity contribution is 7.88. The van der Waals surface area contributed by atoms with Crippen LogP contribution in [0, 0.1) is 29.6 Å². The lowest BCUT2D eigenvalue weighted by molar-refractivity contribution is -0.156. The average molecular weight is 507 g/mol. The smallest absolute Gasteiger partial charge is 0.328 e. The molecule has 34 heavy (non-hydrogen) atoms. The predicted octanol–water partition coefficient (Wildman–Crippen LogP) is 6.66. The fourth-order valence-corrected chi connectivity index (χ4v) is 6.98. The van der Waals surface area contributed by atoms with Crippen molar-refractivity contribution in [3.63, 3.8) is 0 Å². The number of hydrogen-bond donors (Lipinski definition) is 3. The van der Waals surface area contributed by atoms with Crippen molar-refractivity contribution in [1.29, 1.82) is 0 Å². The highest BCUT2D eigenvalue weighted by Gasteiger charge is 2.63. The molecule has 7 nitrogen and oxygen atoms in total. The Bertz CT molecular complexity index is 706. The normalized spacial score (nSPS) is 18.4. The van der Waals surface area contributed by atoms with Gasteiger partial charge in [0.15, 0.2) is 0 Å². The van der Waals surface area contributed by atoms with E-state index in [1.165, 1.54) is 6.92 Å². The van der Waals surface area contributed by atoms with Gasteiger partial charge < -0.3 is 10.2 Å². The lowest BCUT2D eigenvalue weighted by Gasteiger charge is -2.40. The fraction of sp³-hybridized carbons (Fsp3) is 0.923. The van der Waals surface area contributed by atoms with Crippen LogP contribution in [-0.4, -0.2) is 39.9 Å². The third kappa shape index (κ3) is 8.81. The lowest BCUT2D eigenvalue weighted by atomic mass is 9.71. The molecule has 0 aliphatic heterocycles. The Kier molecular flexibility index (Phi) is 15.2. The van der Waals surface area contributed by atoms with Crippen LogP contribution in [-0.2, 0) is 19.7 Å². The molecule has 6 unspecified atom stereocenters. The Labute approximate surface area is 207 Å². The molecule has 6 atom stereocenters. The number of carboxylic acid groups (broad SMARTS) is 2. The highest BCUT2D eigenvalue weighted by atomic mass is 32.2. The van der Waals surface area contributed by atoms with Crippen LogP contribution in [0.1, 0.15) is 119 Å². The first-order valence-electron chi connectivity index (χ1n) is 13.3. The molecule has 0 fully saturated rings. The maximum absolute atomic E-state index is 12.7. The molecular formula is C26H50O7S. The van der Waals surface area contributed by atoms with Crippen molar-refractivity contribution in [3.05, 3.63) is 0 Å². The minimum atomic E-state index is -5.22. The van der Waals surface area contributed by atoms with E-state index >= 15 is 0 Å². The van der Waals surface area contributed by atoms with Gasteiger partial charge in [-0.2, -0.15) is 8.42 Å². The molecule has 202 valence electrons. The summed E-state index contributed by atoms with van der Waals surface area (Å²) in [6.07, 6.45) is 9.87. The maximum Gasteiger partial charge on any atom is 0.328 e. The number of carboxylic acids is 2. The van der Waals surface area contributed by atoms with Crippen LogP contribution >= 0.6 is 0 Å². The molecule has 0 heterocycles. The van der Waals surface area contributed by atoms with Crippen molar-refractivity contribution in [1.82, 2.24) is 0 Å². The molecule has 0 aliphatic carbocycles. The zero-order valence-corrected chi connectivity index (χ0v) is 23.1. The topological polar surface area (TPSA) is 129 Å². The van der Waals surface area contributed by atoms with Gasteiger partial charge in [-0.25, -0.2) is 0 Å². The second kappa shape index (κ2) is 15.8. The SMILES string of the molecule is CCCCC(CC)CCC(C)C(C(=O)O)C(C(=O)O)(C(C)CCC(CC)CCCC)S(=O)(=O)O. The van der Waals surface area contributed by atoms with E-state index in [1.54, 1.807) is 6.92 Å². The van der Waals surface area contributed by atoms with Crippen LogP contribution < -0.4 is 0 Å². The molecule has 0 rings (SSSR count). The van der Waals surface area contributed by atoms with E-state index in [-0.39, 0.29) is 6.42 Å². The molecule has 0 radical (unpaired) electrons. The third-order valence-electron chi connectivity index (χ3n) is 7.92. The van der Waals surface area contributed by atoms with Crippen LogP contribution in [0.2, 0.25) is 0 Å². The molecule has 0 saturated carbocycles. The number of aliphatic carboxylic acids is 2. The first-order valence-corrected chi connectivity index (χ1v) is 14.7. The molecule has 3 N–H and O–H groups in total. The van der Waals surface area contributed by atoms with Crippen LogP contribution in [0.5, 0.6) is 0 Å². The average Bonchev–Trinajstić information content (AvgIpc) is 2.75. The van der Waals surface area contributed by atoms with Crippen LogP contribution in [0.15, 0.2) is 0 Å². The molecular weight excluding hydrogens is 456 g/mol. The first-order chi connectivity index (χ1) is 15.8. The Morgan fingerprint density at radius 1 is 0.765 bits per heavy atom. The summed E-state index contributed by atoms with van der Waals surface area (Å²) in [5.41, 5.74) is 0. The molecule has 0 aromatic heterocycles. The lowest BCUT2D eigenvalue weighted by Crippen LogP contribution is -2.61. The summed E-state index contributed by atoms with van der Waals surface area (Å²) in [6.45, 7) is 11.4. The van der Waals surface area contributed by atoms with Crippen LogP contribution in [0.4, 0.5) is 0 Å². The molecule has 0 saturated heterocycles. The minimum Gasteiger partial charge on any atom is -0.481 e. The van der Waals surface area contributed by atoms with Gasteiger partial charge in [-0.05, 0) is 36.5 Å². The van der Waals surface area contributed by atoms with E-state index in [1.807, 2.05) is 6.92 Å². The predicted molar refractivity (Wildman–Crippen MR) is 136 cm³/mol. The van der Waals surface area contributed by atoms with Crippen molar-refractivity contribution < 1.29 is 32.8 Å². The van der Waals surface area contributed by atoms with Crippen molar-refractivity contribution in [3.8, 4) is 0 Å². The summed E-state index contributed by atoms with van der Waals surface area (Å²) in [6, 6.07) is 0. The summed E-state index contributed by atoms with van der Waals surface area (Å²) >= 11 is 0. The summed E-state index contributed by atoms with van der Waals surface area (Å²) < 4.78 is 32.9. The van der Waals surface area contributed by atoms with E-state index in [4.69, 9.17) is 0 Å². The zero-order chi connectivity index (χ0) is 26.5. The van der Waals surface area contributed by atoms with Gasteiger partial charge in [0.05, 0.1) is 5.92 Å². The standard InChI is InChI=1S/C26H50O7S/c1-7-11-13-21(9-3)17-15-19(5)23(24(27)28)26(25(29)30,34(31,32)33)20(6)16-18-22(10-4)14-12-8-2/h19-23H,7-18H2,1-6H3,(H,27,28)(H,29,30)(H,31,32,33). The molecule has 0 aromatic rings. The van der Waals surface area contributed by atoms with Crippen LogP contribution in [0.25, 0.3) is 0 Å². The van der Waals surface area contributed by atoms with Crippen molar-refractivity contribution in [2.45, 2.75) is 123 Å².